The minimum atomic E-state index is -5.01. The molecule has 0 aliphatic carbocycles. The number of halogens is 1. The zero-order chi connectivity index (χ0) is 31.8. The van der Waals surface area contributed by atoms with E-state index in [1.54, 1.807) is 6.92 Å². The Kier molecular flexibility index (Phi) is 7.14. The van der Waals surface area contributed by atoms with Crippen LogP contribution in [0.2, 0.25) is 0 Å². The molecule has 21 nitrogen and oxygen atoms in total. The molecule has 1 unspecified atom stereocenters. The van der Waals surface area contributed by atoms with Crippen LogP contribution in [0.1, 0.15) is 19.4 Å². The van der Waals surface area contributed by atoms with E-state index in [9.17, 15) is 27.5 Å². The Hall–Kier alpha value is -3.67. The number of imidazole rings is 2. The second-order valence-corrected chi connectivity index (χ2v) is 13.3. The molecule has 24 heteroatoms. The van der Waals surface area contributed by atoms with Gasteiger partial charge in [0.2, 0.25) is 5.95 Å². The number of aromatic nitrogens is 8. The van der Waals surface area contributed by atoms with Crippen molar-refractivity contribution in [1.29, 1.82) is 0 Å². The molecule has 7 rings (SSSR count). The summed E-state index contributed by atoms with van der Waals surface area (Å²) in [6.07, 6.45) is -7.55. The van der Waals surface area contributed by atoms with Crippen LogP contribution in [0.5, 0.6) is 0 Å². The number of hydrogen-bond donors (Lipinski definition) is 5. The van der Waals surface area contributed by atoms with Crippen LogP contribution in [0.3, 0.4) is 0 Å². The van der Waals surface area contributed by atoms with Crippen LogP contribution in [0.25, 0.3) is 22.3 Å². The summed E-state index contributed by atoms with van der Waals surface area (Å²) in [6, 6.07) is 0. The van der Waals surface area contributed by atoms with Crippen molar-refractivity contribution in [3.63, 3.8) is 0 Å². The third-order valence-electron chi connectivity index (χ3n) is 7.69. The molecule has 0 saturated carbocycles. The predicted octanol–water partition coefficient (Wildman–Crippen LogP) is -1.66. The normalized spacial score (nSPS) is 35.5. The van der Waals surface area contributed by atoms with Gasteiger partial charge in [0.15, 0.2) is 41.0 Å². The van der Waals surface area contributed by atoms with E-state index in [1.807, 2.05) is 0 Å². The number of fused-ring (bicyclic) bond motifs is 5. The van der Waals surface area contributed by atoms with Crippen LogP contribution in [-0.4, -0.2) is 96.1 Å². The molecule has 2 bridgehead atoms. The summed E-state index contributed by atoms with van der Waals surface area (Å²) in [7, 11) is -9.72. The molecule has 9 atom stereocenters. The van der Waals surface area contributed by atoms with Gasteiger partial charge in [-0.2, -0.15) is 18.1 Å². The van der Waals surface area contributed by atoms with Gasteiger partial charge in [-0.25, -0.2) is 28.1 Å². The molecule has 4 aromatic rings. The third-order valence-corrected chi connectivity index (χ3v) is 9.67. The standard InChI is InChI=1S/C21H24FN10O11PS/c1-7-8-2-28-45(37,38)43-14-9(41-19(10(14)22)31-5-26-11-15(31)24-4-25-17(11)33)3-39-44(35,36)42-13(7)20(40-8)32-6-27-12-16(32)29-21(23)30-18(12)34/h4-10,13-14,19-20,28H,2-3H2,1H3,(H,35,36)(H,24,25,33)(H3,23,29,30,34)/t7-,8-,9-,10-,13-,14-,19-,20-/m1/s1. The molecule has 0 amide bonds. The Morgan fingerprint density at radius 3 is 2.49 bits per heavy atom. The number of ether oxygens (including phenoxy) is 2. The topological polar surface area (TPSA) is 283 Å². The van der Waals surface area contributed by atoms with Crippen LogP contribution >= 0.6 is 7.82 Å². The SMILES string of the molecule is C[C@H]1[C@H]2OP(=O)(O)OC[C@H]3O[C@@H](n4cnc5c(=O)[nH]cnc54)[C@H](F)[C@@H]3OS(=O)(=O)NC[C@H]1O[C@H]2n1cnc2c(=O)[nH]c(N)nc21. The number of H-pyrrole nitrogens is 2. The van der Waals surface area contributed by atoms with Crippen molar-refractivity contribution in [3.05, 3.63) is 39.7 Å². The Morgan fingerprint density at radius 1 is 1.04 bits per heavy atom. The van der Waals surface area contributed by atoms with E-state index in [1.165, 1.54) is 10.9 Å². The average Bonchev–Trinajstić information content (AvgIpc) is 3.72. The zero-order valence-corrected chi connectivity index (χ0v) is 24.5. The first kappa shape index (κ1) is 30.0. The molecular formula is C21H24FN10O11PS. The van der Waals surface area contributed by atoms with E-state index in [2.05, 4.69) is 34.6 Å². The smallest absolute Gasteiger partial charge is 0.369 e. The maximum absolute atomic E-state index is 15.9. The highest BCUT2D eigenvalue weighted by molar-refractivity contribution is 7.84. The highest BCUT2D eigenvalue weighted by Gasteiger charge is 2.53. The fraction of sp³-hybridized carbons (Fsp3) is 0.524. The summed E-state index contributed by atoms with van der Waals surface area (Å²) in [4.78, 5) is 55.7. The predicted molar refractivity (Wildman–Crippen MR) is 145 cm³/mol. The number of rotatable bonds is 2. The lowest BCUT2D eigenvalue weighted by atomic mass is 10.0. The summed E-state index contributed by atoms with van der Waals surface area (Å²) in [5.41, 5.74) is 4.07. The van der Waals surface area contributed by atoms with Gasteiger partial charge < -0.3 is 25.1 Å². The summed E-state index contributed by atoms with van der Waals surface area (Å²) in [6.45, 7) is 0.242. The van der Waals surface area contributed by atoms with Crippen molar-refractivity contribution >= 4 is 46.4 Å². The Labute approximate surface area is 249 Å². The first-order valence-electron chi connectivity index (χ1n) is 13.2. The number of nitrogen functional groups attached to an aromatic ring is 1. The van der Waals surface area contributed by atoms with Gasteiger partial charge in [0.1, 0.15) is 18.3 Å². The van der Waals surface area contributed by atoms with Crippen LogP contribution in [0.15, 0.2) is 28.6 Å². The molecule has 45 heavy (non-hydrogen) atoms. The van der Waals surface area contributed by atoms with Gasteiger partial charge in [-0.3, -0.25) is 32.8 Å². The molecule has 0 spiro atoms. The summed E-state index contributed by atoms with van der Waals surface area (Å²) < 4.78 is 87.3. The fourth-order valence-corrected chi connectivity index (χ4v) is 7.48. The first-order valence-corrected chi connectivity index (χ1v) is 16.1. The summed E-state index contributed by atoms with van der Waals surface area (Å²) >= 11 is 0. The van der Waals surface area contributed by atoms with Crippen LogP contribution < -0.4 is 21.6 Å². The number of phosphoric ester groups is 1. The van der Waals surface area contributed by atoms with Crippen molar-refractivity contribution in [2.45, 2.75) is 50.0 Å². The first-order chi connectivity index (χ1) is 21.3. The Balaban J connectivity index is 1.21. The van der Waals surface area contributed by atoms with E-state index >= 15 is 4.39 Å². The van der Waals surface area contributed by atoms with Crippen molar-refractivity contribution in [2.24, 2.45) is 5.92 Å². The van der Waals surface area contributed by atoms with Crippen LogP contribution in [0.4, 0.5) is 10.3 Å². The van der Waals surface area contributed by atoms with Gasteiger partial charge in [0.25, 0.3) is 11.1 Å². The number of alkyl halides is 1. The second kappa shape index (κ2) is 10.7. The Bertz CT molecular complexity index is 2070. The van der Waals surface area contributed by atoms with E-state index in [0.29, 0.717) is 0 Å². The van der Waals surface area contributed by atoms with Gasteiger partial charge in [-0.1, -0.05) is 6.92 Å². The number of anilines is 1. The molecule has 7 heterocycles. The van der Waals surface area contributed by atoms with Crippen molar-refractivity contribution in [3.8, 4) is 0 Å². The summed E-state index contributed by atoms with van der Waals surface area (Å²) in [5.74, 6) is -1.02. The molecule has 3 saturated heterocycles. The maximum Gasteiger partial charge on any atom is 0.472 e. The highest BCUT2D eigenvalue weighted by Crippen LogP contribution is 2.51. The van der Waals surface area contributed by atoms with E-state index in [4.69, 9.17) is 28.4 Å². The highest BCUT2D eigenvalue weighted by atomic mass is 32.2. The molecule has 4 aromatic heterocycles. The van der Waals surface area contributed by atoms with E-state index < -0.39 is 91.4 Å². The minimum Gasteiger partial charge on any atom is -0.369 e. The van der Waals surface area contributed by atoms with Gasteiger partial charge in [0.05, 0.1) is 31.7 Å². The third kappa shape index (κ3) is 5.24. The molecule has 3 aliphatic rings. The average molecular weight is 675 g/mol. The zero-order valence-electron chi connectivity index (χ0n) is 22.8. The molecular weight excluding hydrogens is 650 g/mol. The van der Waals surface area contributed by atoms with Crippen LogP contribution in [0, 0.1) is 5.92 Å². The van der Waals surface area contributed by atoms with Gasteiger partial charge in [-0.05, 0) is 0 Å². The lowest BCUT2D eigenvalue weighted by Gasteiger charge is -2.25. The number of nitrogens with one attached hydrogen (secondary N) is 3. The molecule has 0 aromatic carbocycles. The van der Waals surface area contributed by atoms with Gasteiger partial charge in [0, 0.05) is 12.5 Å². The van der Waals surface area contributed by atoms with Crippen molar-refractivity contribution < 1.29 is 45.0 Å². The number of nitrogens with two attached hydrogens (primary N) is 1. The molecule has 6 N–H and O–H groups in total. The van der Waals surface area contributed by atoms with Gasteiger partial charge in [-0.15, -0.1) is 0 Å². The molecule has 0 radical (unpaired) electrons. The van der Waals surface area contributed by atoms with Crippen LogP contribution in [-0.2, 0) is 37.6 Å². The quantitative estimate of drug-likeness (QED) is 0.149. The van der Waals surface area contributed by atoms with Crippen molar-refractivity contribution in [1.82, 2.24) is 43.8 Å². The molecule has 3 aliphatic heterocycles. The largest absolute Gasteiger partial charge is 0.472 e. The number of hydrogen-bond acceptors (Lipinski definition) is 15. The van der Waals surface area contributed by atoms with E-state index in [-0.39, 0.29) is 28.3 Å². The lowest BCUT2D eigenvalue weighted by molar-refractivity contribution is -0.0551. The molecule has 242 valence electrons. The van der Waals surface area contributed by atoms with E-state index in [0.717, 1.165) is 17.2 Å². The monoisotopic (exact) mass is 674 g/mol. The second-order valence-electron chi connectivity index (χ2n) is 10.5. The lowest BCUT2D eigenvalue weighted by Crippen LogP contribution is -2.42. The number of aromatic amines is 2. The maximum atomic E-state index is 15.9. The molecule has 3 fully saturated rings. The van der Waals surface area contributed by atoms with Crippen molar-refractivity contribution in [2.75, 3.05) is 18.9 Å². The Morgan fingerprint density at radius 2 is 1.73 bits per heavy atom. The van der Waals surface area contributed by atoms with Gasteiger partial charge >= 0.3 is 18.1 Å². The summed E-state index contributed by atoms with van der Waals surface area (Å²) in [5, 5.41) is 0. The fourth-order valence-electron chi connectivity index (χ4n) is 5.52. The number of phosphoric acid groups is 1. The minimum absolute atomic E-state index is 0.0350. The number of nitrogens with zero attached hydrogens (tertiary/aromatic N) is 6.